The molecule has 19 heavy (non-hydrogen) atoms. The smallest absolute Gasteiger partial charge is 0.323 e. The van der Waals surface area contributed by atoms with Gasteiger partial charge in [-0.05, 0) is 12.8 Å². The minimum Gasteiger partial charge on any atom is -0.480 e. The molecule has 1 rings (SSSR count). The Hall–Kier alpha value is -1.79. The maximum Gasteiger partial charge on any atom is 0.323 e. The number of aliphatic carboxylic acids is 1. The van der Waals surface area contributed by atoms with Crippen LogP contribution in [0, 0.1) is 0 Å². The number of piperazine rings is 1. The molecule has 0 saturated carbocycles. The van der Waals surface area contributed by atoms with Crippen LogP contribution in [0.1, 0.15) is 26.7 Å². The second-order valence-corrected chi connectivity index (χ2v) is 4.51. The Kier molecular flexibility index (Phi) is 5.59. The SMILES string of the molecule is CCCN(CC(=O)O)C(=O)N1CCNC(=O)C1CC. The van der Waals surface area contributed by atoms with Crippen LogP contribution in [0.25, 0.3) is 0 Å². The van der Waals surface area contributed by atoms with Crippen LogP contribution in [0.2, 0.25) is 0 Å². The molecule has 0 spiro atoms. The predicted molar refractivity (Wildman–Crippen MR) is 68.7 cm³/mol. The van der Waals surface area contributed by atoms with Gasteiger partial charge in [-0.3, -0.25) is 9.59 Å². The standard InChI is InChI=1S/C12H21N3O4/c1-3-6-14(8-10(16)17)12(19)15-7-5-13-11(18)9(15)4-2/h9H,3-8H2,1-2H3,(H,13,18)(H,16,17). The van der Waals surface area contributed by atoms with Crippen molar-refractivity contribution < 1.29 is 19.5 Å². The molecular formula is C12H21N3O4. The van der Waals surface area contributed by atoms with Crippen molar-refractivity contribution in [2.24, 2.45) is 0 Å². The first kappa shape index (κ1) is 15.3. The Morgan fingerprint density at radius 3 is 2.68 bits per heavy atom. The molecule has 108 valence electrons. The Labute approximate surface area is 112 Å². The van der Waals surface area contributed by atoms with E-state index < -0.39 is 12.0 Å². The van der Waals surface area contributed by atoms with Crippen molar-refractivity contribution in [2.75, 3.05) is 26.2 Å². The van der Waals surface area contributed by atoms with Crippen LogP contribution in [-0.2, 0) is 9.59 Å². The normalized spacial score (nSPS) is 18.9. The van der Waals surface area contributed by atoms with Gasteiger partial charge in [0.15, 0.2) is 0 Å². The quantitative estimate of drug-likeness (QED) is 0.743. The summed E-state index contributed by atoms with van der Waals surface area (Å²) in [5, 5.41) is 11.6. The summed E-state index contributed by atoms with van der Waals surface area (Å²) in [5.74, 6) is -1.22. The fraction of sp³-hybridized carbons (Fsp3) is 0.750. The van der Waals surface area contributed by atoms with Gasteiger partial charge < -0.3 is 20.2 Å². The van der Waals surface area contributed by atoms with Gasteiger partial charge in [0, 0.05) is 19.6 Å². The first-order valence-electron chi connectivity index (χ1n) is 6.56. The Bertz CT molecular complexity index is 359. The molecule has 7 nitrogen and oxygen atoms in total. The van der Waals surface area contributed by atoms with Crippen molar-refractivity contribution in [3.05, 3.63) is 0 Å². The van der Waals surface area contributed by atoms with E-state index in [0.717, 1.165) is 0 Å². The summed E-state index contributed by atoms with van der Waals surface area (Å²) in [7, 11) is 0. The van der Waals surface area contributed by atoms with Gasteiger partial charge in [0.05, 0.1) is 0 Å². The molecule has 0 aromatic heterocycles. The van der Waals surface area contributed by atoms with Gasteiger partial charge in [-0.15, -0.1) is 0 Å². The number of hydrogen-bond donors (Lipinski definition) is 2. The van der Waals surface area contributed by atoms with E-state index in [1.165, 1.54) is 9.80 Å². The number of amides is 3. The Morgan fingerprint density at radius 2 is 2.16 bits per heavy atom. The molecule has 0 aliphatic carbocycles. The van der Waals surface area contributed by atoms with Crippen molar-refractivity contribution in [2.45, 2.75) is 32.7 Å². The van der Waals surface area contributed by atoms with Gasteiger partial charge in [-0.1, -0.05) is 13.8 Å². The van der Waals surface area contributed by atoms with E-state index in [1.807, 2.05) is 13.8 Å². The van der Waals surface area contributed by atoms with Gasteiger partial charge in [-0.25, -0.2) is 4.79 Å². The average Bonchev–Trinajstić information content (AvgIpc) is 2.36. The fourth-order valence-corrected chi connectivity index (χ4v) is 2.21. The lowest BCUT2D eigenvalue weighted by molar-refractivity contribution is -0.137. The predicted octanol–water partition coefficient (Wildman–Crippen LogP) is 0.113. The van der Waals surface area contributed by atoms with Gasteiger partial charge in [0.25, 0.3) is 0 Å². The monoisotopic (exact) mass is 271 g/mol. The molecule has 1 aliphatic rings. The van der Waals surface area contributed by atoms with Gasteiger partial charge in [0.2, 0.25) is 5.91 Å². The van der Waals surface area contributed by atoms with Crippen LogP contribution in [-0.4, -0.2) is 65.0 Å². The first-order chi connectivity index (χ1) is 9.01. The molecule has 7 heteroatoms. The Morgan fingerprint density at radius 1 is 1.47 bits per heavy atom. The molecule has 1 aliphatic heterocycles. The minimum absolute atomic E-state index is 0.172. The number of urea groups is 1. The highest BCUT2D eigenvalue weighted by Gasteiger charge is 2.34. The third-order valence-corrected chi connectivity index (χ3v) is 3.05. The summed E-state index contributed by atoms with van der Waals surface area (Å²) < 4.78 is 0. The lowest BCUT2D eigenvalue weighted by Gasteiger charge is -2.37. The fourth-order valence-electron chi connectivity index (χ4n) is 2.21. The summed E-state index contributed by atoms with van der Waals surface area (Å²) in [6.45, 7) is 4.58. The number of carboxylic acid groups (broad SMARTS) is 1. The van der Waals surface area contributed by atoms with Crippen LogP contribution in [0.15, 0.2) is 0 Å². The van der Waals surface area contributed by atoms with E-state index in [2.05, 4.69) is 5.32 Å². The summed E-state index contributed by atoms with van der Waals surface area (Å²) in [6.07, 6.45) is 1.19. The molecule has 1 unspecified atom stereocenters. The minimum atomic E-state index is -1.05. The molecule has 1 saturated heterocycles. The molecule has 0 aromatic rings. The van der Waals surface area contributed by atoms with Crippen LogP contribution in [0.4, 0.5) is 4.79 Å². The van der Waals surface area contributed by atoms with Crippen molar-refractivity contribution in [3.8, 4) is 0 Å². The maximum absolute atomic E-state index is 12.3. The molecule has 2 N–H and O–H groups in total. The van der Waals surface area contributed by atoms with Crippen LogP contribution >= 0.6 is 0 Å². The van der Waals surface area contributed by atoms with Crippen LogP contribution in [0.3, 0.4) is 0 Å². The van der Waals surface area contributed by atoms with Gasteiger partial charge >= 0.3 is 12.0 Å². The summed E-state index contributed by atoms with van der Waals surface area (Å²) in [5.41, 5.74) is 0. The summed E-state index contributed by atoms with van der Waals surface area (Å²) >= 11 is 0. The number of rotatable bonds is 5. The second-order valence-electron chi connectivity index (χ2n) is 4.51. The van der Waals surface area contributed by atoms with E-state index in [0.29, 0.717) is 32.5 Å². The number of hydrogen-bond acceptors (Lipinski definition) is 3. The summed E-state index contributed by atoms with van der Waals surface area (Å²) in [4.78, 5) is 37.6. The van der Waals surface area contributed by atoms with E-state index in [9.17, 15) is 14.4 Å². The lowest BCUT2D eigenvalue weighted by Crippen LogP contribution is -2.60. The van der Waals surface area contributed by atoms with E-state index in [-0.39, 0.29) is 18.5 Å². The second kappa shape index (κ2) is 6.96. The number of carboxylic acids is 1. The average molecular weight is 271 g/mol. The zero-order chi connectivity index (χ0) is 14.4. The number of carbonyl (C=O) groups excluding carboxylic acids is 2. The number of nitrogens with one attached hydrogen (secondary N) is 1. The highest BCUT2D eigenvalue weighted by atomic mass is 16.4. The Balaban J connectivity index is 2.81. The zero-order valence-corrected chi connectivity index (χ0v) is 11.4. The third kappa shape index (κ3) is 3.84. The van der Waals surface area contributed by atoms with Crippen LogP contribution < -0.4 is 5.32 Å². The number of nitrogens with zero attached hydrogens (tertiary/aromatic N) is 2. The lowest BCUT2D eigenvalue weighted by atomic mass is 10.1. The maximum atomic E-state index is 12.3. The van der Waals surface area contributed by atoms with Crippen molar-refractivity contribution in [1.29, 1.82) is 0 Å². The summed E-state index contributed by atoms with van der Waals surface area (Å²) in [6, 6.07) is -0.875. The van der Waals surface area contributed by atoms with Crippen LogP contribution in [0.5, 0.6) is 0 Å². The van der Waals surface area contributed by atoms with E-state index >= 15 is 0 Å². The topological polar surface area (TPSA) is 90.0 Å². The molecule has 0 bridgehead atoms. The van der Waals surface area contributed by atoms with Crippen molar-refractivity contribution in [1.82, 2.24) is 15.1 Å². The highest BCUT2D eigenvalue weighted by Crippen LogP contribution is 2.12. The molecule has 0 aromatic carbocycles. The molecule has 1 heterocycles. The third-order valence-electron chi connectivity index (χ3n) is 3.05. The highest BCUT2D eigenvalue weighted by molar-refractivity contribution is 5.89. The van der Waals surface area contributed by atoms with E-state index in [4.69, 9.17) is 5.11 Å². The molecular weight excluding hydrogens is 250 g/mol. The molecule has 3 amide bonds. The van der Waals surface area contributed by atoms with Crippen molar-refractivity contribution in [3.63, 3.8) is 0 Å². The molecule has 1 fully saturated rings. The van der Waals surface area contributed by atoms with Gasteiger partial charge in [-0.2, -0.15) is 0 Å². The molecule has 1 atom stereocenters. The zero-order valence-electron chi connectivity index (χ0n) is 11.4. The van der Waals surface area contributed by atoms with Crippen molar-refractivity contribution >= 4 is 17.9 Å². The van der Waals surface area contributed by atoms with E-state index in [1.54, 1.807) is 0 Å². The number of carbonyl (C=O) groups is 3. The largest absolute Gasteiger partial charge is 0.480 e. The first-order valence-corrected chi connectivity index (χ1v) is 6.56. The molecule has 0 radical (unpaired) electrons. The van der Waals surface area contributed by atoms with Gasteiger partial charge in [0.1, 0.15) is 12.6 Å².